The maximum absolute atomic E-state index is 12.8. The maximum atomic E-state index is 12.8. The van der Waals surface area contributed by atoms with Crippen LogP contribution in [0.3, 0.4) is 0 Å². The molecule has 1 amide bonds. The third-order valence-corrected chi connectivity index (χ3v) is 13.0. The lowest BCUT2D eigenvalue weighted by atomic mass is 9.47. The van der Waals surface area contributed by atoms with Crippen molar-refractivity contribution in [1.82, 2.24) is 5.32 Å². The van der Waals surface area contributed by atoms with Gasteiger partial charge < -0.3 is 19.9 Å². The molecule has 4 aliphatic carbocycles. The Morgan fingerprint density at radius 3 is 2.57 bits per heavy atom. The second-order valence-electron chi connectivity index (χ2n) is 16.3. The fourth-order valence-corrected chi connectivity index (χ4v) is 10.3. The molecule has 5 unspecified atom stereocenters. The number of alkyl carbamates (subject to hydrolysis) is 1. The quantitative estimate of drug-likeness (QED) is 0.119. The van der Waals surface area contributed by atoms with E-state index in [4.69, 9.17) is 12.3 Å². The lowest BCUT2D eigenvalue weighted by molar-refractivity contribution is -0.151. The van der Waals surface area contributed by atoms with E-state index in [9.17, 15) is 14.4 Å². The largest absolute Gasteiger partial charge is 0.462 e. The van der Waals surface area contributed by atoms with E-state index in [1.54, 1.807) is 6.92 Å². The third-order valence-electron chi connectivity index (χ3n) is 13.0. The van der Waals surface area contributed by atoms with E-state index in [1.165, 1.54) is 64.3 Å². The SMILES string of the molecule is [2H]OCCC(CCNC(=O)O[C@H]1CC[C@@]2(C)C(=CCC3C4CCC([C@@H](C)CCCC(C)C)[C@@]4(C)CCC32)C1)OC(=O)CCC(=O)CC.[3H]C. The number of Topliss-reactive ketones (excluding diaryl/α,β-unsaturated/α-hetero) is 1. The summed E-state index contributed by atoms with van der Waals surface area (Å²) in [5, 5.41) is 7.27. The highest BCUT2D eigenvalue weighted by Gasteiger charge is 2.59. The summed E-state index contributed by atoms with van der Waals surface area (Å²) in [6, 6.07) is 0. The monoisotopic (exact) mass is 663 g/mol. The van der Waals surface area contributed by atoms with Gasteiger partial charge in [0.2, 0.25) is 1.43 Å². The topological polar surface area (TPSA) is 102 Å². The van der Waals surface area contributed by atoms with Crippen molar-refractivity contribution in [2.24, 2.45) is 46.3 Å². The van der Waals surface area contributed by atoms with Crippen molar-refractivity contribution in [3.8, 4) is 0 Å². The predicted octanol–water partition coefficient (Wildman–Crippen LogP) is 9.20. The van der Waals surface area contributed by atoms with Gasteiger partial charge in [-0.05, 0) is 91.3 Å². The lowest BCUT2D eigenvalue weighted by Crippen LogP contribution is -2.51. The normalized spacial score (nSPS) is 32.9. The molecule has 3 saturated carbocycles. The average Bonchev–Trinajstić information content (AvgIpc) is 3.44. The molecule has 7 heteroatoms. The van der Waals surface area contributed by atoms with Crippen LogP contribution in [0.2, 0.25) is 0 Å². The molecule has 0 heterocycles. The number of allylic oxidation sites excluding steroid dienone is 1. The Morgan fingerprint density at radius 1 is 1.06 bits per heavy atom. The molecule has 0 radical (unpaired) electrons. The van der Waals surface area contributed by atoms with Gasteiger partial charge in [0.05, 0.1) is 6.42 Å². The summed E-state index contributed by atoms with van der Waals surface area (Å²) in [5.41, 5.74) is 2.20. The van der Waals surface area contributed by atoms with Crippen molar-refractivity contribution in [3.63, 3.8) is 0 Å². The van der Waals surface area contributed by atoms with Crippen molar-refractivity contribution in [1.29, 1.82) is 1.43 Å². The van der Waals surface area contributed by atoms with E-state index in [0.717, 1.165) is 54.8 Å². The smallest absolute Gasteiger partial charge is 0.407 e. The van der Waals surface area contributed by atoms with Gasteiger partial charge in [-0.1, -0.05) is 79.9 Å². The summed E-state index contributed by atoms with van der Waals surface area (Å²) < 4.78 is 24.2. The highest BCUT2D eigenvalue weighted by molar-refractivity contribution is 5.82. The average molecular weight is 663 g/mol. The van der Waals surface area contributed by atoms with Gasteiger partial charge in [0.1, 0.15) is 18.0 Å². The number of aliphatic hydroxyl groups is 1. The number of amides is 1. The summed E-state index contributed by atoms with van der Waals surface area (Å²) in [7, 11) is 1.25. The van der Waals surface area contributed by atoms with Gasteiger partial charge >= 0.3 is 12.1 Å². The first-order chi connectivity index (χ1) is 23.4. The molecule has 47 heavy (non-hydrogen) atoms. The Balaban J connectivity index is 0.00000319. The van der Waals surface area contributed by atoms with Crippen LogP contribution in [0, 0.1) is 46.3 Å². The standard InChI is InChI=1S/C39H65NO6.CH4/c1-7-29(42)12-16-36(43)45-30(20-24-41)19-23-40-37(44)46-31-17-21-38(5)28(25-31)11-13-32-34-15-14-33(27(4)10-8-9-26(2)3)39(34,6)22-18-35(32)38;/h11,26-27,30-35,41H,7-10,12-25H2,1-6H3,(H,40,44);1H4/t27-,30?,31-,32?,33?,34?,35?,38-,39+;/m0./s1/i41D;1T. The number of hydrogen-bond donors (Lipinski definition) is 2. The summed E-state index contributed by atoms with van der Waals surface area (Å²) in [6.45, 7) is 14.6. The number of carbonyl (C=O) groups is 3. The fraction of sp³-hybridized carbons (Fsp3) is 0.875. The molecule has 4 aliphatic rings. The second-order valence-corrected chi connectivity index (χ2v) is 16.3. The van der Waals surface area contributed by atoms with Gasteiger partial charge in [0.15, 0.2) is 0 Å². The third kappa shape index (κ3) is 9.63. The number of rotatable bonds is 17. The number of hydrogen-bond acceptors (Lipinski definition) is 6. The Bertz CT molecular complexity index is 1100. The molecule has 9 atom stereocenters. The van der Waals surface area contributed by atoms with Crippen LogP contribution >= 0.6 is 0 Å². The zero-order chi connectivity index (χ0) is 36.2. The minimum atomic E-state index is -0.499. The van der Waals surface area contributed by atoms with Crippen LogP contribution in [-0.4, -0.2) is 49.7 Å². The minimum Gasteiger partial charge on any atom is -0.462 e. The van der Waals surface area contributed by atoms with E-state index in [2.05, 4.69) is 51.1 Å². The predicted molar refractivity (Wildman–Crippen MR) is 189 cm³/mol. The van der Waals surface area contributed by atoms with Crippen LogP contribution in [0.1, 0.15) is 153 Å². The first kappa shape index (κ1) is 36.4. The van der Waals surface area contributed by atoms with Crippen LogP contribution < -0.4 is 5.32 Å². The summed E-state index contributed by atoms with van der Waals surface area (Å²) in [6.07, 6.45) is 16.4. The number of ketones is 1. The first-order valence-electron chi connectivity index (χ1n) is 20.2. The number of aliphatic hydroxyl groups excluding tert-OH is 1. The Kier molecular flexibility index (Phi) is 13.7. The molecule has 4 rings (SSSR count). The Hall–Kier alpha value is -1.89. The van der Waals surface area contributed by atoms with E-state index in [-0.39, 0.29) is 43.3 Å². The van der Waals surface area contributed by atoms with E-state index in [0.29, 0.717) is 24.7 Å². The zero-order valence-corrected chi connectivity index (χ0v) is 30.9. The molecule has 0 spiro atoms. The fourth-order valence-electron chi connectivity index (χ4n) is 10.3. The van der Waals surface area contributed by atoms with E-state index < -0.39 is 18.2 Å². The van der Waals surface area contributed by atoms with Gasteiger partial charge in [-0.3, -0.25) is 9.59 Å². The van der Waals surface area contributed by atoms with Crippen LogP contribution in [0.15, 0.2) is 11.6 Å². The molecule has 0 aliphatic heterocycles. The molecular weight excluding hydrogens is 590 g/mol. The van der Waals surface area contributed by atoms with Crippen molar-refractivity contribution in [2.75, 3.05) is 13.2 Å². The lowest BCUT2D eigenvalue weighted by Gasteiger charge is -2.58. The number of carbonyl (C=O) groups excluding carboxylic acids is 3. The highest BCUT2D eigenvalue weighted by Crippen LogP contribution is 2.67. The van der Waals surface area contributed by atoms with Crippen LogP contribution in [0.4, 0.5) is 4.79 Å². The number of fused-ring (bicyclic) bond motifs is 5. The van der Waals surface area contributed by atoms with Gasteiger partial charge in [0, 0.05) is 46.6 Å². The number of nitrogens with one attached hydrogen (secondary N) is 1. The van der Waals surface area contributed by atoms with Crippen LogP contribution in [0.5, 0.6) is 0 Å². The molecular formula is C40H69NO6. The molecule has 270 valence electrons. The molecule has 3 fully saturated rings. The van der Waals surface area contributed by atoms with E-state index in [1.807, 2.05) is 0 Å². The molecule has 0 aromatic heterocycles. The molecule has 7 nitrogen and oxygen atoms in total. The van der Waals surface area contributed by atoms with Gasteiger partial charge in [-0.2, -0.15) is 0 Å². The summed E-state index contributed by atoms with van der Waals surface area (Å²) in [4.78, 5) is 36.6. The van der Waals surface area contributed by atoms with Crippen LogP contribution in [0.25, 0.3) is 0 Å². The van der Waals surface area contributed by atoms with Gasteiger partial charge in [-0.15, -0.1) is 0 Å². The van der Waals surface area contributed by atoms with Crippen molar-refractivity contribution in [2.45, 2.75) is 164 Å². The maximum Gasteiger partial charge on any atom is 0.407 e. The zero-order valence-electron chi connectivity index (χ0n) is 32.9. The Labute approximate surface area is 289 Å². The molecule has 0 aromatic carbocycles. The van der Waals surface area contributed by atoms with Crippen molar-refractivity contribution >= 4 is 17.8 Å². The number of ether oxygens (including phenoxy) is 2. The Morgan fingerprint density at radius 2 is 1.85 bits per heavy atom. The molecule has 0 bridgehead atoms. The minimum absolute atomic E-state index is 0.0193. The van der Waals surface area contributed by atoms with Gasteiger partial charge in [-0.25, -0.2) is 4.79 Å². The molecule has 2 N–H and O–H groups in total. The second kappa shape index (κ2) is 17.7. The van der Waals surface area contributed by atoms with Crippen LogP contribution in [-0.2, 0) is 19.1 Å². The molecule has 0 saturated heterocycles. The van der Waals surface area contributed by atoms with Gasteiger partial charge in [0.25, 0.3) is 0 Å². The first-order valence-corrected chi connectivity index (χ1v) is 18.8. The van der Waals surface area contributed by atoms with Crippen molar-refractivity contribution in [3.05, 3.63) is 11.6 Å². The van der Waals surface area contributed by atoms with Crippen molar-refractivity contribution < 1.29 is 30.3 Å². The highest BCUT2D eigenvalue weighted by atomic mass is 16.6. The van der Waals surface area contributed by atoms with E-state index >= 15 is 0 Å². The number of esters is 1. The summed E-state index contributed by atoms with van der Waals surface area (Å²) in [5.74, 6) is 4.42. The molecule has 0 aromatic rings. The summed E-state index contributed by atoms with van der Waals surface area (Å²) >= 11 is 0.